The lowest BCUT2D eigenvalue weighted by molar-refractivity contribution is 0.163. The van der Waals surface area contributed by atoms with Gasteiger partial charge in [0, 0.05) is 6.07 Å². The normalized spacial score (nSPS) is 10.2. The number of hydrogen-bond donors (Lipinski definition) is 1. The molecule has 0 radical (unpaired) electrons. The Morgan fingerprint density at radius 1 is 1.27 bits per heavy atom. The summed E-state index contributed by atoms with van der Waals surface area (Å²) >= 11 is 0. The predicted molar refractivity (Wildman–Crippen MR) is 54.0 cm³/mol. The second-order valence-corrected chi connectivity index (χ2v) is 2.84. The number of rotatable bonds is 5. The maximum atomic E-state index is 12.0. The van der Waals surface area contributed by atoms with E-state index in [1.54, 1.807) is 18.2 Å². The lowest BCUT2D eigenvalue weighted by Crippen LogP contribution is -2.11. The second-order valence-electron chi connectivity index (χ2n) is 2.84. The molecule has 0 spiro atoms. The van der Waals surface area contributed by atoms with Gasteiger partial charge in [-0.25, -0.2) is 8.78 Å². The molecule has 0 amide bonds. The van der Waals surface area contributed by atoms with Gasteiger partial charge in [0.1, 0.15) is 11.5 Å². The van der Waals surface area contributed by atoms with E-state index in [2.05, 4.69) is 5.32 Å². The van der Waals surface area contributed by atoms with Crippen LogP contribution in [0.2, 0.25) is 0 Å². The monoisotopic (exact) mass is 217 g/mol. The maximum Gasteiger partial charge on any atom is 0.255 e. The summed E-state index contributed by atoms with van der Waals surface area (Å²) in [5.41, 5.74) is 0.497. The smallest absolute Gasteiger partial charge is 0.255 e. The van der Waals surface area contributed by atoms with Crippen molar-refractivity contribution in [2.45, 2.75) is 6.43 Å². The van der Waals surface area contributed by atoms with Gasteiger partial charge >= 0.3 is 0 Å². The van der Waals surface area contributed by atoms with E-state index in [1.165, 1.54) is 14.2 Å². The third kappa shape index (κ3) is 3.27. The molecule has 5 heteroatoms. The van der Waals surface area contributed by atoms with Crippen LogP contribution in [0.1, 0.15) is 0 Å². The minimum absolute atomic E-state index is 0.413. The molecule has 0 saturated carbocycles. The molecular weight excluding hydrogens is 204 g/mol. The van der Waals surface area contributed by atoms with Crippen LogP contribution < -0.4 is 14.8 Å². The van der Waals surface area contributed by atoms with Crippen LogP contribution >= 0.6 is 0 Å². The summed E-state index contributed by atoms with van der Waals surface area (Å²) in [5, 5.41) is 2.58. The SMILES string of the molecule is COc1ccc(OC)c(NCC(F)F)c1. The van der Waals surface area contributed by atoms with Gasteiger partial charge in [-0.3, -0.25) is 0 Å². The van der Waals surface area contributed by atoms with Crippen LogP contribution in [0.3, 0.4) is 0 Å². The third-order valence-electron chi connectivity index (χ3n) is 1.85. The fourth-order valence-corrected chi connectivity index (χ4v) is 1.14. The molecular formula is C10H13F2NO2. The maximum absolute atomic E-state index is 12.0. The van der Waals surface area contributed by atoms with E-state index < -0.39 is 13.0 Å². The number of nitrogens with one attached hydrogen (secondary N) is 1. The van der Waals surface area contributed by atoms with Crippen molar-refractivity contribution in [1.29, 1.82) is 0 Å². The van der Waals surface area contributed by atoms with Crippen LogP contribution in [0.4, 0.5) is 14.5 Å². The summed E-state index contributed by atoms with van der Waals surface area (Å²) in [7, 11) is 2.99. The largest absolute Gasteiger partial charge is 0.497 e. The van der Waals surface area contributed by atoms with Gasteiger partial charge in [-0.2, -0.15) is 0 Å². The Morgan fingerprint density at radius 2 is 2.00 bits per heavy atom. The number of halogens is 2. The number of methoxy groups -OCH3 is 2. The Balaban J connectivity index is 2.81. The van der Waals surface area contributed by atoms with Crippen molar-refractivity contribution < 1.29 is 18.3 Å². The van der Waals surface area contributed by atoms with Crippen molar-refractivity contribution in [3.63, 3.8) is 0 Å². The average Bonchev–Trinajstić information content (AvgIpc) is 2.25. The lowest BCUT2D eigenvalue weighted by atomic mass is 10.2. The number of alkyl halides is 2. The van der Waals surface area contributed by atoms with Crippen molar-refractivity contribution >= 4 is 5.69 Å². The zero-order valence-electron chi connectivity index (χ0n) is 8.59. The summed E-state index contributed by atoms with van der Waals surface area (Å²) in [6.45, 7) is -0.413. The number of benzene rings is 1. The molecule has 15 heavy (non-hydrogen) atoms. The van der Waals surface area contributed by atoms with E-state index in [9.17, 15) is 8.78 Å². The lowest BCUT2D eigenvalue weighted by Gasteiger charge is -2.12. The standard InChI is InChI=1S/C10H13F2NO2/c1-14-7-3-4-9(15-2)8(5-7)13-6-10(11)12/h3-5,10,13H,6H2,1-2H3. The highest BCUT2D eigenvalue weighted by molar-refractivity contribution is 5.59. The summed E-state index contributed by atoms with van der Waals surface area (Å²) in [6.07, 6.45) is -2.40. The van der Waals surface area contributed by atoms with Crippen LogP contribution in [0, 0.1) is 0 Å². The predicted octanol–water partition coefficient (Wildman–Crippen LogP) is 2.38. The molecule has 0 aliphatic carbocycles. The highest BCUT2D eigenvalue weighted by Gasteiger charge is 2.07. The topological polar surface area (TPSA) is 30.5 Å². The molecule has 1 aromatic carbocycles. The van der Waals surface area contributed by atoms with Crippen molar-refractivity contribution in [1.82, 2.24) is 0 Å². The fraction of sp³-hybridized carbons (Fsp3) is 0.400. The second kappa shape index (κ2) is 5.38. The van der Waals surface area contributed by atoms with E-state index >= 15 is 0 Å². The molecule has 0 heterocycles. The van der Waals surface area contributed by atoms with Crippen LogP contribution in [0.25, 0.3) is 0 Å². The van der Waals surface area contributed by atoms with Gasteiger partial charge in [-0.05, 0) is 12.1 Å². The van der Waals surface area contributed by atoms with Crippen molar-refractivity contribution in [3.8, 4) is 11.5 Å². The molecule has 0 atom stereocenters. The summed E-state index contributed by atoms with van der Waals surface area (Å²) in [5.74, 6) is 1.10. The quantitative estimate of drug-likeness (QED) is 0.821. The highest BCUT2D eigenvalue weighted by Crippen LogP contribution is 2.28. The van der Waals surface area contributed by atoms with Crippen LogP contribution in [0.15, 0.2) is 18.2 Å². The van der Waals surface area contributed by atoms with Crippen LogP contribution in [-0.2, 0) is 0 Å². The minimum atomic E-state index is -2.40. The zero-order valence-corrected chi connectivity index (χ0v) is 8.59. The van der Waals surface area contributed by atoms with Gasteiger partial charge in [-0.15, -0.1) is 0 Å². The first kappa shape index (κ1) is 11.6. The zero-order chi connectivity index (χ0) is 11.3. The van der Waals surface area contributed by atoms with Crippen LogP contribution in [-0.4, -0.2) is 27.2 Å². The first-order chi connectivity index (χ1) is 7.17. The summed E-state index contributed by atoms with van der Waals surface area (Å²) in [6, 6.07) is 4.97. The molecule has 0 aliphatic rings. The minimum Gasteiger partial charge on any atom is -0.497 e. The van der Waals surface area contributed by atoms with Crippen LogP contribution in [0.5, 0.6) is 11.5 Å². The Labute approximate surface area is 87.0 Å². The summed E-state index contributed by atoms with van der Waals surface area (Å²) < 4.78 is 34.0. The molecule has 0 bridgehead atoms. The third-order valence-corrected chi connectivity index (χ3v) is 1.85. The van der Waals surface area contributed by atoms with E-state index in [4.69, 9.17) is 9.47 Å². The van der Waals surface area contributed by atoms with Gasteiger partial charge in [0.2, 0.25) is 0 Å². The first-order valence-corrected chi connectivity index (χ1v) is 4.41. The van der Waals surface area contributed by atoms with Gasteiger partial charge in [0.25, 0.3) is 6.43 Å². The highest BCUT2D eigenvalue weighted by atomic mass is 19.3. The van der Waals surface area contributed by atoms with Crippen molar-refractivity contribution in [2.24, 2.45) is 0 Å². The summed E-state index contributed by atoms with van der Waals surface area (Å²) in [4.78, 5) is 0. The Kier molecular flexibility index (Phi) is 4.15. The molecule has 1 rings (SSSR count). The van der Waals surface area contributed by atoms with E-state index in [0.29, 0.717) is 17.2 Å². The van der Waals surface area contributed by atoms with Crippen molar-refractivity contribution in [3.05, 3.63) is 18.2 Å². The molecule has 1 N–H and O–H groups in total. The number of hydrogen-bond acceptors (Lipinski definition) is 3. The van der Waals surface area contributed by atoms with Gasteiger partial charge in [-0.1, -0.05) is 0 Å². The van der Waals surface area contributed by atoms with E-state index in [-0.39, 0.29) is 0 Å². The molecule has 0 aromatic heterocycles. The van der Waals surface area contributed by atoms with Gasteiger partial charge < -0.3 is 14.8 Å². The fourth-order valence-electron chi connectivity index (χ4n) is 1.14. The Hall–Kier alpha value is -1.52. The molecule has 84 valence electrons. The molecule has 1 aromatic rings. The molecule has 3 nitrogen and oxygen atoms in total. The van der Waals surface area contributed by atoms with Gasteiger partial charge in [0.05, 0.1) is 26.5 Å². The van der Waals surface area contributed by atoms with E-state index in [1.807, 2.05) is 0 Å². The molecule has 0 fully saturated rings. The first-order valence-electron chi connectivity index (χ1n) is 4.41. The van der Waals surface area contributed by atoms with E-state index in [0.717, 1.165) is 0 Å². The molecule has 0 saturated heterocycles. The number of anilines is 1. The Morgan fingerprint density at radius 3 is 2.53 bits per heavy atom. The average molecular weight is 217 g/mol. The van der Waals surface area contributed by atoms with Gasteiger partial charge in [0.15, 0.2) is 0 Å². The molecule has 0 unspecified atom stereocenters. The van der Waals surface area contributed by atoms with Crippen molar-refractivity contribution in [2.75, 3.05) is 26.1 Å². The number of ether oxygens (including phenoxy) is 2. The molecule has 0 aliphatic heterocycles. The Bertz CT molecular complexity index is 318.